The second kappa shape index (κ2) is 11.4. The van der Waals surface area contributed by atoms with Crippen LogP contribution < -0.4 is 10.6 Å². The standard InChI is InChI=1S/C27H37N3O5/c1-16-12-13-20(19(4)14-16)23(24(32)29-22-17(2)10-9-11-18(22)3)30(8)25(33)21(15-31)28-26(34)35-27(5,6)7/h9-14,21,23,31H,15H2,1-8H3,(H,28,34)(H,29,32). The summed E-state index contributed by atoms with van der Waals surface area (Å²) in [6.45, 7) is 12.1. The molecule has 8 nitrogen and oxygen atoms in total. The van der Waals surface area contributed by atoms with Gasteiger partial charge in [-0.05, 0) is 70.7 Å². The van der Waals surface area contributed by atoms with Crippen molar-refractivity contribution < 1.29 is 24.2 Å². The second-order valence-electron chi connectivity index (χ2n) is 9.85. The minimum atomic E-state index is -1.28. The van der Waals surface area contributed by atoms with Gasteiger partial charge in [-0.15, -0.1) is 0 Å². The number of hydrogen-bond donors (Lipinski definition) is 3. The molecule has 2 unspecified atom stereocenters. The number of hydrogen-bond acceptors (Lipinski definition) is 5. The Morgan fingerprint density at radius 3 is 2.11 bits per heavy atom. The zero-order chi connectivity index (χ0) is 26.5. The predicted molar refractivity (Wildman–Crippen MR) is 136 cm³/mol. The number of alkyl carbamates (subject to hydrolysis) is 1. The number of rotatable bonds is 7. The van der Waals surface area contributed by atoms with Gasteiger partial charge in [-0.3, -0.25) is 9.59 Å². The Bertz CT molecular complexity index is 1070. The molecule has 190 valence electrons. The first-order chi connectivity index (χ1) is 16.2. The molecule has 8 heteroatoms. The highest BCUT2D eigenvalue weighted by atomic mass is 16.6. The lowest BCUT2D eigenvalue weighted by Crippen LogP contribution is -2.52. The van der Waals surface area contributed by atoms with Gasteiger partial charge in [0.2, 0.25) is 5.91 Å². The van der Waals surface area contributed by atoms with Crippen LogP contribution in [0.2, 0.25) is 0 Å². The van der Waals surface area contributed by atoms with E-state index >= 15 is 0 Å². The first-order valence-corrected chi connectivity index (χ1v) is 11.6. The SMILES string of the molecule is Cc1ccc(C(C(=O)Nc2c(C)cccc2C)N(C)C(=O)C(CO)NC(=O)OC(C)(C)C)c(C)c1. The fourth-order valence-electron chi connectivity index (χ4n) is 3.87. The summed E-state index contributed by atoms with van der Waals surface area (Å²) in [7, 11) is 1.48. The van der Waals surface area contributed by atoms with Crippen molar-refractivity contribution in [2.75, 3.05) is 19.0 Å². The van der Waals surface area contributed by atoms with E-state index in [4.69, 9.17) is 4.74 Å². The van der Waals surface area contributed by atoms with E-state index in [1.807, 2.05) is 64.1 Å². The maximum atomic E-state index is 13.6. The van der Waals surface area contributed by atoms with Gasteiger partial charge in [-0.25, -0.2) is 4.79 Å². The molecule has 0 bridgehead atoms. The first-order valence-electron chi connectivity index (χ1n) is 11.6. The third kappa shape index (κ3) is 7.29. The molecule has 0 aliphatic heterocycles. The maximum absolute atomic E-state index is 13.6. The number of aliphatic hydroxyl groups excluding tert-OH is 1. The number of carbonyl (C=O) groups excluding carboxylic acids is 3. The van der Waals surface area contributed by atoms with Crippen molar-refractivity contribution >= 4 is 23.6 Å². The van der Waals surface area contributed by atoms with Gasteiger partial charge >= 0.3 is 6.09 Å². The number of carbonyl (C=O) groups is 3. The van der Waals surface area contributed by atoms with Gasteiger partial charge in [-0.2, -0.15) is 0 Å². The number of ether oxygens (including phenoxy) is 1. The third-order valence-corrected chi connectivity index (χ3v) is 5.60. The van der Waals surface area contributed by atoms with Gasteiger partial charge in [0.15, 0.2) is 0 Å². The average molecular weight is 484 g/mol. The van der Waals surface area contributed by atoms with E-state index in [0.717, 1.165) is 22.3 Å². The number of aryl methyl sites for hydroxylation is 4. The molecular formula is C27H37N3O5. The molecule has 0 aliphatic rings. The van der Waals surface area contributed by atoms with Crippen molar-refractivity contribution in [3.8, 4) is 0 Å². The highest BCUT2D eigenvalue weighted by Gasteiger charge is 2.35. The smallest absolute Gasteiger partial charge is 0.408 e. The zero-order valence-electron chi connectivity index (χ0n) is 21.9. The lowest BCUT2D eigenvalue weighted by molar-refractivity contribution is -0.139. The van der Waals surface area contributed by atoms with Crippen molar-refractivity contribution in [2.45, 2.75) is 66.2 Å². The highest BCUT2D eigenvalue weighted by molar-refractivity contribution is 6.00. The van der Waals surface area contributed by atoms with Crippen LogP contribution in [0.25, 0.3) is 0 Å². The number of para-hydroxylation sites is 1. The Labute approximate surface area is 207 Å². The van der Waals surface area contributed by atoms with Crippen LogP contribution in [0.4, 0.5) is 10.5 Å². The minimum Gasteiger partial charge on any atom is -0.444 e. The summed E-state index contributed by atoms with van der Waals surface area (Å²) in [6, 6.07) is 9.06. The van der Waals surface area contributed by atoms with Crippen LogP contribution in [0.15, 0.2) is 36.4 Å². The lowest BCUT2D eigenvalue weighted by atomic mass is 9.96. The fourth-order valence-corrected chi connectivity index (χ4v) is 3.87. The number of aliphatic hydroxyl groups is 1. The summed E-state index contributed by atoms with van der Waals surface area (Å²) < 4.78 is 5.22. The Kier molecular flexibility index (Phi) is 9.04. The monoisotopic (exact) mass is 483 g/mol. The Morgan fingerprint density at radius 2 is 1.60 bits per heavy atom. The number of amides is 3. The van der Waals surface area contributed by atoms with E-state index in [2.05, 4.69) is 10.6 Å². The van der Waals surface area contributed by atoms with Gasteiger partial charge in [0, 0.05) is 12.7 Å². The van der Waals surface area contributed by atoms with Crippen LogP contribution in [0.1, 0.15) is 54.6 Å². The van der Waals surface area contributed by atoms with Crippen LogP contribution in [0.5, 0.6) is 0 Å². The first kappa shape index (κ1) is 27.9. The van der Waals surface area contributed by atoms with Crippen molar-refractivity contribution in [1.29, 1.82) is 0 Å². The van der Waals surface area contributed by atoms with Gasteiger partial charge < -0.3 is 25.4 Å². The molecule has 3 amide bonds. The van der Waals surface area contributed by atoms with Crippen molar-refractivity contribution in [2.24, 2.45) is 0 Å². The van der Waals surface area contributed by atoms with Gasteiger partial charge in [0.1, 0.15) is 17.7 Å². The molecule has 0 saturated heterocycles. The molecule has 0 fully saturated rings. The predicted octanol–water partition coefficient (Wildman–Crippen LogP) is 3.94. The molecule has 0 saturated carbocycles. The molecule has 2 atom stereocenters. The van der Waals surface area contributed by atoms with E-state index in [1.165, 1.54) is 11.9 Å². The summed E-state index contributed by atoms with van der Waals surface area (Å²) in [5, 5.41) is 15.2. The molecule has 2 rings (SSSR count). The third-order valence-electron chi connectivity index (χ3n) is 5.60. The minimum absolute atomic E-state index is 0.404. The van der Waals surface area contributed by atoms with Gasteiger partial charge in [0.05, 0.1) is 6.61 Å². The Balaban J connectivity index is 2.42. The van der Waals surface area contributed by atoms with E-state index in [-0.39, 0.29) is 0 Å². The molecule has 0 spiro atoms. The maximum Gasteiger partial charge on any atom is 0.408 e. The largest absolute Gasteiger partial charge is 0.444 e. The molecule has 2 aromatic rings. The van der Waals surface area contributed by atoms with E-state index < -0.39 is 42.2 Å². The molecule has 3 N–H and O–H groups in total. The molecular weight excluding hydrogens is 446 g/mol. The van der Waals surface area contributed by atoms with Gasteiger partial charge in [0.25, 0.3) is 5.91 Å². The topological polar surface area (TPSA) is 108 Å². The summed E-state index contributed by atoms with van der Waals surface area (Å²) in [6.07, 6.45) is -0.832. The van der Waals surface area contributed by atoms with Crippen LogP contribution in [-0.4, -0.2) is 53.2 Å². The Hall–Kier alpha value is -3.39. The average Bonchev–Trinajstić information content (AvgIpc) is 2.74. The van der Waals surface area contributed by atoms with Crippen molar-refractivity contribution in [3.05, 3.63) is 64.2 Å². The van der Waals surface area contributed by atoms with Gasteiger partial charge in [-0.1, -0.05) is 42.0 Å². The summed E-state index contributed by atoms with van der Waals surface area (Å²) >= 11 is 0. The van der Waals surface area contributed by atoms with E-state index in [1.54, 1.807) is 20.8 Å². The van der Waals surface area contributed by atoms with Crippen molar-refractivity contribution in [3.63, 3.8) is 0 Å². The highest BCUT2D eigenvalue weighted by Crippen LogP contribution is 2.28. The summed E-state index contributed by atoms with van der Waals surface area (Å²) in [4.78, 5) is 40.5. The molecule has 0 radical (unpaired) electrons. The molecule has 2 aromatic carbocycles. The molecule has 35 heavy (non-hydrogen) atoms. The number of nitrogens with one attached hydrogen (secondary N) is 2. The number of benzene rings is 2. The van der Waals surface area contributed by atoms with E-state index in [0.29, 0.717) is 11.3 Å². The van der Waals surface area contributed by atoms with Crippen LogP contribution in [0, 0.1) is 27.7 Å². The lowest BCUT2D eigenvalue weighted by Gasteiger charge is -2.32. The van der Waals surface area contributed by atoms with E-state index in [9.17, 15) is 19.5 Å². The quantitative estimate of drug-likeness (QED) is 0.553. The van der Waals surface area contributed by atoms with Crippen LogP contribution in [0.3, 0.4) is 0 Å². The summed E-state index contributed by atoms with van der Waals surface area (Å²) in [5.41, 5.74) is 4.20. The normalized spacial score (nSPS) is 12.9. The molecule has 0 aliphatic carbocycles. The van der Waals surface area contributed by atoms with Crippen molar-refractivity contribution in [1.82, 2.24) is 10.2 Å². The van der Waals surface area contributed by atoms with Crippen LogP contribution >= 0.6 is 0 Å². The number of nitrogens with zero attached hydrogens (tertiary/aromatic N) is 1. The number of anilines is 1. The zero-order valence-corrected chi connectivity index (χ0v) is 21.9. The van der Waals surface area contributed by atoms with Crippen LogP contribution in [-0.2, 0) is 14.3 Å². The summed E-state index contributed by atoms with van der Waals surface area (Å²) in [5.74, 6) is -1.03. The molecule has 0 heterocycles. The molecule has 0 aromatic heterocycles. The fraction of sp³-hybridized carbons (Fsp3) is 0.444. The second-order valence-corrected chi connectivity index (χ2v) is 9.85. The Morgan fingerprint density at radius 1 is 1.00 bits per heavy atom. The number of likely N-dealkylation sites (N-methyl/N-ethyl adjacent to an activating group) is 1.